The molecule has 66 heavy (non-hydrogen) atoms. The number of carbonyl (C=O) groups excluding carboxylic acids is 6. The SMILES string of the molecule is CCOC(=O)C(C)=CC(C(C)C)N(C)C(=O)C(NC(=O)C(NC)C(C)(C)c1cccc(NC(=O)C(C)NC(=O)C(NC(=O)OCC2c3ccccc3-c3ccccc32)C(C)C)c1)C(C)(C)C. The molecule has 3 aromatic rings. The van der Waals surface area contributed by atoms with Crippen LogP contribution >= 0.6 is 0 Å². The number of hydrogen-bond donors (Lipinski definition) is 5. The first-order chi connectivity index (χ1) is 30.9. The fourth-order valence-corrected chi connectivity index (χ4v) is 8.45. The minimum absolute atomic E-state index is 0.0497. The molecule has 0 aliphatic heterocycles. The van der Waals surface area contributed by atoms with Crippen LogP contribution in [0.4, 0.5) is 10.5 Å². The van der Waals surface area contributed by atoms with Crippen LogP contribution in [0.5, 0.6) is 0 Å². The highest BCUT2D eigenvalue weighted by atomic mass is 16.5. The molecule has 5 amide bonds. The standard InChI is InChI=1S/C52H72N6O8/c1-15-65-49(63)32(6)27-41(30(2)3)58(14)48(62)44(51(8,9)10)57-47(61)43(53-13)52(11,12)34-21-20-22-35(28-34)55-45(59)33(7)54-46(60)42(31(4)5)56-50(64)66-29-40-38-25-18-16-23-36(38)37-24-17-19-26-39(37)40/h16-28,30-31,33,40-44,53H,15,29H2,1-14H3,(H,54,60)(H,55,59)(H,56,64)(H,57,61). The molecule has 14 heteroatoms. The van der Waals surface area contributed by atoms with Crippen molar-refractivity contribution in [3.63, 3.8) is 0 Å². The molecule has 0 spiro atoms. The van der Waals surface area contributed by atoms with Gasteiger partial charge in [0.05, 0.1) is 18.7 Å². The van der Waals surface area contributed by atoms with Crippen molar-refractivity contribution in [3.05, 3.63) is 101 Å². The summed E-state index contributed by atoms with van der Waals surface area (Å²) in [6.45, 7) is 22.2. The van der Waals surface area contributed by atoms with Crippen LogP contribution in [0.25, 0.3) is 11.1 Å². The number of ether oxygens (including phenoxy) is 2. The summed E-state index contributed by atoms with van der Waals surface area (Å²) in [5, 5.41) is 14.5. The second-order valence-electron chi connectivity index (χ2n) is 19.5. The highest BCUT2D eigenvalue weighted by Crippen LogP contribution is 2.44. The van der Waals surface area contributed by atoms with E-state index in [1.54, 1.807) is 77.9 Å². The number of esters is 1. The Bertz CT molecular complexity index is 2220. The smallest absolute Gasteiger partial charge is 0.407 e. The van der Waals surface area contributed by atoms with Crippen molar-refractivity contribution in [2.75, 3.05) is 32.6 Å². The Kier molecular flexibility index (Phi) is 17.9. The van der Waals surface area contributed by atoms with E-state index in [-0.39, 0.29) is 36.9 Å². The maximum absolute atomic E-state index is 14.3. The Labute approximate surface area is 391 Å². The molecule has 3 aromatic carbocycles. The number of carbonyl (C=O) groups is 6. The normalized spacial score (nSPS) is 15.1. The summed E-state index contributed by atoms with van der Waals surface area (Å²) in [4.78, 5) is 82.8. The topological polar surface area (TPSA) is 184 Å². The number of rotatable bonds is 19. The highest BCUT2D eigenvalue weighted by molar-refractivity contribution is 5.98. The zero-order chi connectivity index (χ0) is 49.3. The first-order valence-corrected chi connectivity index (χ1v) is 22.9. The van der Waals surface area contributed by atoms with Crippen molar-refractivity contribution >= 4 is 41.4 Å². The molecule has 0 bridgehead atoms. The Morgan fingerprint density at radius 2 is 1.32 bits per heavy atom. The summed E-state index contributed by atoms with van der Waals surface area (Å²) in [6.07, 6.45) is 0.996. The molecule has 4 rings (SSSR count). The zero-order valence-electron chi connectivity index (χ0n) is 41.3. The number of amides is 5. The third-order valence-corrected chi connectivity index (χ3v) is 12.4. The van der Waals surface area contributed by atoms with Gasteiger partial charge in [0, 0.05) is 29.6 Å². The number of hydrogen-bond acceptors (Lipinski definition) is 9. The van der Waals surface area contributed by atoms with E-state index < -0.39 is 70.8 Å². The zero-order valence-corrected chi connectivity index (χ0v) is 41.3. The van der Waals surface area contributed by atoms with Gasteiger partial charge in [0.2, 0.25) is 23.6 Å². The van der Waals surface area contributed by atoms with Crippen LogP contribution in [0, 0.1) is 17.3 Å². The third-order valence-electron chi connectivity index (χ3n) is 12.4. The summed E-state index contributed by atoms with van der Waals surface area (Å²) >= 11 is 0. The maximum atomic E-state index is 14.3. The van der Waals surface area contributed by atoms with Crippen molar-refractivity contribution in [1.29, 1.82) is 0 Å². The summed E-state index contributed by atoms with van der Waals surface area (Å²) in [5.74, 6) is -2.72. The maximum Gasteiger partial charge on any atom is 0.407 e. The minimum atomic E-state index is -0.986. The lowest BCUT2D eigenvalue weighted by molar-refractivity contribution is -0.141. The molecule has 0 heterocycles. The van der Waals surface area contributed by atoms with E-state index in [0.717, 1.165) is 22.3 Å². The summed E-state index contributed by atoms with van der Waals surface area (Å²) < 4.78 is 10.9. The van der Waals surface area contributed by atoms with Crippen LogP contribution < -0.4 is 26.6 Å². The van der Waals surface area contributed by atoms with Crippen LogP contribution in [0.3, 0.4) is 0 Å². The molecule has 358 valence electrons. The molecular weight excluding hydrogens is 837 g/mol. The number of likely N-dealkylation sites (N-methyl/N-ethyl adjacent to an activating group) is 2. The van der Waals surface area contributed by atoms with Crippen molar-refractivity contribution in [3.8, 4) is 11.1 Å². The monoisotopic (exact) mass is 909 g/mol. The molecule has 1 aliphatic carbocycles. The number of nitrogens with zero attached hydrogens (tertiary/aromatic N) is 1. The predicted molar refractivity (Wildman–Crippen MR) is 259 cm³/mol. The Morgan fingerprint density at radius 3 is 1.85 bits per heavy atom. The largest absolute Gasteiger partial charge is 0.463 e. The van der Waals surface area contributed by atoms with E-state index in [1.807, 2.05) is 90.9 Å². The second-order valence-corrected chi connectivity index (χ2v) is 19.5. The number of benzene rings is 3. The van der Waals surface area contributed by atoms with Crippen LogP contribution in [0.2, 0.25) is 0 Å². The van der Waals surface area contributed by atoms with Gasteiger partial charge in [-0.25, -0.2) is 9.59 Å². The lowest BCUT2D eigenvalue weighted by atomic mass is 9.76. The van der Waals surface area contributed by atoms with E-state index in [0.29, 0.717) is 16.8 Å². The Hall–Kier alpha value is -6.02. The summed E-state index contributed by atoms with van der Waals surface area (Å²) in [7, 11) is 3.35. The van der Waals surface area contributed by atoms with E-state index >= 15 is 0 Å². The van der Waals surface area contributed by atoms with Gasteiger partial charge in [0.15, 0.2) is 0 Å². The molecule has 1 aliphatic rings. The van der Waals surface area contributed by atoms with E-state index in [9.17, 15) is 28.8 Å². The lowest BCUT2D eigenvalue weighted by Crippen LogP contribution is -2.61. The molecule has 0 fully saturated rings. The van der Waals surface area contributed by atoms with Gasteiger partial charge in [0.25, 0.3) is 0 Å². The third kappa shape index (κ3) is 12.7. The van der Waals surface area contributed by atoms with Crippen LogP contribution in [-0.4, -0.2) is 98.1 Å². The van der Waals surface area contributed by atoms with Gasteiger partial charge in [-0.2, -0.15) is 0 Å². The average molecular weight is 909 g/mol. The van der Waals surface area contributed by atoms with Gasteiger partial charge in [-0.05, 0) is 85.0 Å². The van der Waals surface area contributed by atoms with Crippen molar-refractivity contribution in [2.24, 2.45) is 17.3 Å². The minimum Gasteiger partial charge on any atom is -0.463 e. The first kappa shape index (κ1) is 52.6. The molecule has 5 atom stereocenters. The van der Waals surface area contributed by atoms with Crippen LogP contribution in [0.15, 0.2) is 84.4 Å². The van der Waals surface area contributed by atoms with Gasteiger partial charge >= 0.3 is 12.1 Å². The quantitative estimate of drug-likeness (QED) is 0.0620. The average Bonchev–Trinajstić information content (AvgIpc) is 3.58. The molecule has 0 saturated heterocycles. The molecule has 0 saturated carbocycles. The van der Waals surface area contributed by atoms with Gasteiger partial charge in [0.1, 0.15) is 24.7 Å². The molecule has 14 nitrogen and oxygen atoms in total. The second kappa shape index (κ2) is 22.4. The molecular formula is C52H72N6O8. The van der Waals surface area contributed by atoms with Gasteiger partial charge in [-0.1, -0.05) is 129 Å². The molecule has 5 N–H and O–H groups in total. The van der Waals surface area contributed by atoms with Crippen molar-refractivity contribution < 1.29 is 38.2 Å². The fourth-order valence-electron chi connectivity index (χ4n) is 8.45. The molecule has 5 unspecified atom stereocenters. The van der Waals surface area contributed by atoms with E-state index in [2.05, 4.69) is 38.7 Å². The van der Waals surface area contributed by atoms with Gasteiger partial charge < -0.3 is 41.0 Å². The summed E-state index contributed by atoms with van der Waals surface area (Å²) in [5.41, 5.74) is 4.34. The van der Waals surface area contributed by atoms with Crippen LogP contribution in [-0.2, 0) is 38.9 Å². The van der Waals surface area contributed by atoms with Crippen molar-refractivity contribution in [2.45, 2.75) is 125 Å². The summed E-state index contributed by atoms with van der Waals surface area (Å²) in [6, 6.07) is 19.0. The van der Waals surface area contributed by atoms with Gasteiger partial charge in [-0.15, -0.1) is 0 Å². The Morgan fingerprint density at radius 1 is 0.727 bits per heavy atom. The number of alkyl carbamates (subject to hydrolysis) is 1. The number of nitrogens with one attached hydrogen (secondary N) is 5. The number of fused-ring (bicyclic) bond motifs is 3. The number of anilines is 1. The predicted octanol–water partition coefficient (Wildman–Crippen LogP) is 7.08. The first-order valence-electron chi connectivity index (χ1n) is 22.9. The molecule has 0 radical (unpaired) electrons. The van der Waals surface area contributed by atoms with E-state index in [1.165, 1.54) is 0 Å². The lowest BCUT2D eigenvalue weighted by Gasteiger charge is -2.40. The Balaban J connectivity index is 1.41. The fraction of sp³-hybridized carbons (Fsp3) is 0.500. The van der Waals surface area contributed by atoms with E-state index in [4.69, 9.17) is 9.47 Å². The highest BCUT2D eigenvalue weighted by Gasteiger charge is 2.42. The van der Waals surface area contributed by atoms with Crippen molar-refractivity contribution in [1.82, 2.24) is 26.2 Å². The molecule has 0 aromatic heterocycles. The van der Waals surface area contributed by atoms with Crippen LogP contribution in [0.1, 0.15) is 106 Å². The van der Waals surface area contributed by atoms with Gasteiger partial charge in [-0.3, -0.25) is 19.2 Å².